The number of likely N-dealkylation sites (N-methyl/N-ethyl adjacent to an activating group) is 1. The van der Waals surface area contributed by atoms with Crippen molar-refractivity contribution in [3.63, 3.8) is 0 Å². The van der Waals surface area contributed by atoms with Crippen LogP contribution in [-0.4, -0.2) is 32.1 Å². The van der Waals surface area contributed by atoms with Crippen molar-refractivity contribution in [1.82, 2.24) is 4.90 Å². The van der Waals surface area contributed by atoms with E-state index in [1.165, 1.54) is 0 Å². The van der Waals surface area contributed by atoms with Crippen LogP contribution in [0.1, 0.15) is 5.56 Å². The molecule has 0 amide bonds. The van der Waals surface area contributed by atoms with Gasteiger partial charge in [-0.3, -0.25) is 0 Å². The molecule has 2 aromatic carbocycles. The summed E-state index contributed by atoms with van der Waals surface area (Å²) in [5.41, 5.74) is 8.82. The van der Waals surface area contributed by atoms with E-state index in [1.54, 1.807) is 0 Å². The van der Waals surface area contributed by atoms with Gasteiger partial charge in [0.2, 0.25) is 0 Å². The summed E-state index contributed by atoms with van der Waals surface area (Å²) in [4.78, 5) is 2.09. The molecule has 0 bridgehead atoms. The van der Waals surface area contributed by atoms with E-state index in [4.69, 9.17) is 22.1 Å². The first kappa shape index (κ1) is 15.8. The Balaban J connectivity index is 2.11. The molecule has 4 heteroatoms. The zero-order chi connectivity index (χ0) is 15.2. The Morgan fingerprint density at radius 3 is 2.43 bits per heavy atom. The summed E-state index contributed by atoms with van der Waals surface area (Å²) in [6.45, 7) is 2.08. The van der Waals surface area contributed by atoms with Gasteiger partial charge in [-0.2, -0.15) is 0 Å². The summed E-state index contributed by atoms with van der Waals surface area (Å²) in [6.07, 6.45) is 0. The Morgan fingerprint density at radius 1 is 1.10 bits per heavy atom. The first-order chi connectivity index (χ1) is 10.1. The summed E-state index contributed by atoms with van der Waals surface area (Å²) < 4.78 is 5.69. The van der Waals surface area contributed by atoms with Crippen LogP contribution < -0.4 is 10.5 Å². The fraction of sp³-hybridized carbons (Fsp3) is 0.294. The molecule has 2 aromatic rings. The highest BCUT2D eigenvalue weighted by molar-refractivity contribution is 6.33. The molecule has 3 nitrogen and oxygen atoms in total. The van der Waals surface area contributed by atoms with Gasteiger partial charge in [-0.15, -0.1) is 0 Å². The first-order valence-corrected chi connectivity index (χ1v) is 7.34. The Hall–Kier alpha value is -1.55. The Kier molecular flexibility index (Phi) is 5.62. The number of hydrogen-bond donors (Lipinski definition) is 1. The van der Waals surface area contributed by atoms with Crippen molar-refractivity contribution in [3.8, 4) is 16.9 Å². The summed E-state index contributed by atoms with van der Waals surface area (Å²) >= 11 is 6.27. The van der Waals surface area contributed by atoms with Crippen molar-refractivity contribution in [2.24, 2.45) is 5.73 Å². The summed E-state index contributed by atoms with van der Waals surface area (Å²) in [5, 5.41) is 0.730. The van der Waals surface area contributed by atoms with Gasteiger partial charge >= 0.3 is 0 Å². The molecule has 0 heterocycles. The number of rotatable bonds is 6. The van der Waals surface area contributed by atoms with E-state index in [0.717, 1.165) is 34.0 Å². The lowest BCUT2D eigenvalue weighted by molar-refractivity contribution is 0.261. The predicted octanol–water partition coefficient (Wildman–Crippen LogP) is 3.41. The smallest absolute Gasteiger partial charge is 0.119 e. The van der Waals surface area contributed by atoms with E-state index in [0.29, 0.717) is 13.2 Å². The van der Waals surface area contributed by atoms with Crippen LogP contribution in [0.4, 0.5) is 0 Å². The number of halogens is 1. The second-order valence-electron chi connectivity index (χ2n) is 5.19. The van der Waals surface area contributed by atoms with Gasteiger partial charge in [-0.25, -0.2) is 0 Å². The number of nitrogens with two attached hydrogens (primary N) is 1. The summed E-state index contributed by atoms with van der Waals surface area (Å²) in [7, 11) is 4.05. The van der Waals surface area contributed by atoms with Crippen LogP contribution in [0, 0.1) is 0 Å². The minimum Gasteiger partial charge on any atom is -0.492 e. The predicted molar refractivity (Wildman–Crippen MR) is 88.8 cm³/mol. The van der Waals surface area contributed by atoms with Crippen LogP contribution in [0.2, 0.25) is 5.02 Å². The molecule has 0 aliphatic carbocycles. The molecule has 0 atom stereocenters. The molecule has 112 valence electrons. The molecule has 0 aliphatic rings. The lowest BCUT2D eigenvalue weighted by Crippen LogP contribution is -2.19. The molecule has 0 fully saturated rings. The molecule has 2 rings (SSSR count). The topological polar surface area (TPSA) is 38.5 Å². The van der Waals surface area contributed by atoms with Crippen LogP contribution in [0.5, 0.6) is 5.75 Å². The molecule has 21 heavy (non-hydrogen) atoms. The Bertz CT molecular complexity index is 582. The van der Waals surface area contributed by atoms with Gasteiger partial charge in [0.15, 0.2) is 0 Å². The van der Waals surface area contributed by atoms with Gasteiger partial charge in [0.1, 0.15) is 12.4 Å². The Labute approximate surface area is 131 Å². The standard InChI is InChI=1S/C17H21ClN2O/c1-20(2)9-10-21-15-6-4-14(5-7-15)16-11-13(12-19)3-8-17(16)18/h3-8,11H,9-10,12,19H2,1-2H3. The number of benzene rings is 2. The lowest BCUT2D eigenvalue weighted by atomic mass is 10.0. The quantitative estimate of drug-likeness (QED) is 0.889. The third kappa shape index (κ3) is 4.46. The van der Waals surface area contributed by atoms with E-state index >= 15 is 0 Å². The molecule has 0 saturated carbocycles. The largest absolute Gasteiger partial charge is 0.492 e. The maximum atomic E-state index is 6.27. The fourth-order valence-electron chi connectivity index (χ4n) is 2.00. The van der Waals surface area contributed by atoms with Crippen molar-refractivity contribution in [2.75, 3.05) is 27.2 Å². The molecule has 0 radical (unpaired) electrons. The van der Waals surface area contributed by atoms with Crippen LogP contribution >= 0.6 is 11.6 Å². The first-order valence-electron chi connectivity index (χ1n) is 6.96. The third-order valence-corrected chi connectivity index (χ3v) is 3.57. The maximum absolute atomic E-state index is 6.27. The minimum atomic E-state index is 0.510. The molecule has 2 N–H and O–H groups in total. The highest BCUT2D eigenvalue weighted by atomic mass is 35.5. The van der Waals surface area contributed by atoms with Crippen molar-refractivity contribution in [2.45, 2.75) is 6.54 Å². The molecule has 0 unspecified atom stereocenters. The number of hydrogen-bond acceptors (Lipinski definition) is 3. The van der Waals surface area contributed by atoms with Crippen molar-refractivity contribution in [1.29, 1.82) is 0 Å². The van der Waals surface area contributed by atoms with Gasteiger partial charge in [0, 0.05) is 23.7 Å². The maximum Gasteiger partial charge on any atom is 0.119 e. The SMILES string of the molecule is CN(C)CCOc1ccc(-c2cc(CN)ccc2Cl)cc1. The highest BCUT2D eigenvalue weighted by Crippen LogP contribution is 2.30. The average Bonchev–Trinajstić information content (AvgIpc) is 2.48. The molecular weight excluding hydrogens is 284 g/mol. The average molecular weight is 305 g/mol. The van der Waals surface area contributed by atoms with Crippen molar-refractivity contribution >= 4 is 11.6 Å². The van der Waals surface area contributed by atoms with Crippen LogP contribution in [0.15, 0.2) is 42.5 Å². The highest BCUT2D eigenvalue weighted by Gasteiger charge is 2.05. The number of nitrogens with zero attached hydrogens (tertiary/aromatic N) is 1. The zero-order valence-electron chi connectivity index (χ0n) is 12.5. The minimum absolute atomic E-state index is 0.510. The van der Waals surface area contributed by atoms with E-state index in [9.17, 15) is 0 Å². The monoisotopic (exact) mass is 304 g/mol. The second kappa shape index (κ2) is 7.46. The van der Waals surface area contributed by atoms with Gasteiger partial charge in [-0.1, -0.05) is 29.8 Å². The van der Waals surface area contributed by atoms with Crippen LogP contribution in [0.25, 0.3) is 11.1 Å². The lowest BCUT2D eigenvalue weighted by Gasteiger charge is -2.12. The zero-order valence-corrected chi connectivity index (χ0v) is 13.2. The van der Waals surface area contributed by atoms with Gasteiger partial charge < -0.3 is 15.4 Å². The second-order valence-corrected chi connectivity index (χ2v) is 5.60. The fourth-order valence-corrected chi connectivity index (χ4v) is 2.22. The molecule has 0 saturated heterocycles. The van der Waals surface area contributed by atoms with Crippen molar-refractivity contribution in [3.05, 3.63) is 53.1 Å². The molecular formula is C17H21ClN2O. The third-order valence-electron chi connectivity index (χ3n) is 3.24. The molecule has 0 spiro atoms. The molecule has 0 aromatic heterocycles. The van der Waals surface area contributed by atoms with E-state index in [1.807, 2.05) is 56.6 Å². The van der Waals surface area contributed by atoms with Crippen LogP contribution in [-0.2, 0) is 6.54 Å². The normalized spacial score (nSPS) is 10.9. The van der Waals surface area contributed by atoms with E-state index in [2.05, 4.69) is 4.90 Å². The van der Waals surface area contributed by atoms with Gasteiger partial charge in [0.05, 0.1) is 0 Å². The summed E-state index contributed by atoms with van der Waals surface area (Å²) in [5.74, 6) is 0.867. The van der Waals surface area contributed by atoms with Crippen molar-refractivity contribution < 1.29 is 4.74 Å². The van der Waals surface area contributed by atoms with Crippen LogP contribution in [0.3, 0.4) is 0 Å². The summed E-state index contributed by atoms with van der Waals surface area (Å²) in [6, 6.07) is 13.8. The number of ether oxygens (including phenoxy) is 1. The van der Waals surface area contributed by atoms with Gasteiger partial charge in [-0.05, 0) is 49.5 Å². The van der Waals surface area contributed by atoms with E-state index in [-0.39, 0.29) is 0 Å². The Morgan fingerprint density at radius 2 is 1.81 bits per heavy atom. The molecule has 0 aliphatic heterocycles. The van der Waals surface area contributed by atoms with Gasteiger partial charge in [0.25, 0.3) is 0 Å². The van der Waals surface area contributed by atoms with E-state index < -0.39 is 0 Å².